The Balaban J connectivity index is 2.18. The summed E-state index contributed by atoms with van der Waals surface area (Å²) in [6, 6.07) is 10.6. The van der Waals surface area contributed by atoms with Crippen molar-refractivity contribution in [2.45, 2.75) is 46.2 Å². The number of amides is 2. The Hall–Kier alpha value is -3.01. The molecule has 1 atom stereocenters. The van der Waals surface area contributed by atoms with Gasteiger partial charge in [-0.15, -0.1) is 0 Å². The molecule has 0 aromatic heterocycles. The van der Waals surface area contributed by atoms with E-state index in [4.69, 9.17) is 0 Å². The second-order valence-corrected chi connectivity index (χ2v) is 10.7. The van der Waals surface area contributed by atoms with Crippen molar-refractivity contribution < 1.29 is 26.8 Å². The number of anilines is 1. The Bertz CT molecular complexity index is 1130. The first-order valence-electron chi connectivity index (χ1n) is 11.4. The van der Waals surface area contributed by atoms with Crippen LogP contribution in [0.4, 0.5) is 14.5 Å². The van der Waals surface area contributed by atoms with E-state index < -0.39 is 33.6 Å². The molecular formula is C25H33F2N3O4S. The van der Waals surface area contributed by atoms with Gasteiger partial charge in [0.05, 0.1) is 11.9 Å². The van der Waals surface area contributed by atoms with Crippen molar-refractivity contribution in [1.29, 1.82) is 0 Å². The highest BCUT2D eigenvalue weighted by Gasteiger charge is 2.27. The smallest absolute Gasteiger partial charge is 0.242 e. The summed E-state index contributed by atoms with van der Waals surface area (Å²) in [5, 5.41) is 2.78. The van der Waals surface area contributed by atoms with E-state index in [1.54, 1.807) is 13.0 Å². The van der Waals surface area contributed by atoms with Gasteiger partial charge in [0.2, 0.25) is 21.8 Å². The van der Waals surface area contributed by atoms with Crippen LogP contribution in [-0.2, 0) is 26.2 Å². The van der Waals surface area contributed by atoms with Crippen molar-refractivity contribution in [3.8, 4) is 0 Å². The van der Waals surface area contributed by atoms with Crippen LogP contribution in [-0.4, -0.2) is 50.5 Å². The van der Waals surface area contributed by atoms with Crippen LogP contribution in [0.1, 0.15) is 39.2 Å². The summed E-state index contributed by atoms with van der Waals surface area (Å²) in [4.78, 5) is 27.1. The third-order valence-electron chi connectivity index (χ3n) is 5.42. The molecule has 0 saturated carbocycles. The Morgan fingerprint density at radius 1 is 0.971 bits per heavy atom. The van der Waals surface area contributed by atoms with Crippen LogP contribution in [0.15, 0.2) is 48.5 Å². The van der Waals surface area contributed by atoms with Crippen molar-refractivity contribution in [2.24, 2.45) is 5.92 Å². The molecule has 0 aliphatic heterocycles. The quantitative estimate of drug-likeness (QED) is 0.473. The van der Waals surface area contributed by atoms with Gasteiger partial charge in [-0.2, -0.15) is 0 Å². The standard InChI is InChI=1S/C25H33F2N3O4S/c1-18(2)16-28-25(32)19(3)29(17-20-10-5-6-11-21(20)26)24(31)14-9-15-30(35(4,33)34)23-13-8-7-12-22(23)27/h5-8,10-13,18-19H,9,14-17H2,1-4H3,(H,28,32). The van der Waals surface area contributed by atoms with E-state index in [-0.39, 0.29) is 49.0 Å². The minimum atomic E-state index is -3.80. The second kappa shape index (κ2) is 12.6. The topological polar surface area (TPSA) is 86.8 Å². The van der Waals surface area contributed by atoms with Crippen molar-refractivity contribution in [2.75, 3.05) is 23.7 Å². The van der Waals surface area contributed by atoms with E-state index in [1.165, 1.54) is 41.3 Å². The molecule has 2 aromatic rings. The van der Waals surface area contributed by atoms with Gasteiger partial charge in [-0.1, -0.05) is 44.2 Å². The zero-order valence-corrected chi connectivity index (χ0v) is 21.3. The van der Waals surface area contributed by atoms with Gasteiger partial charge in [0.1, 0.15) is 17.7 Å². The molecule has 1 N–H and O–H groups in total. The van der Waals surface area contributed by atoms with Crippen LogP contribution in [0.25, 0.3) is 0 Å². The molecular weight excluding hydrogens is 476 g/mol. The average molecular weight is 510 g/mol. The number of carbonyl (C=O) groups is 2. The lowest BCUT2D eigenvalue weighted by Gasteiger charge is -2.29. The summed E-state index contributed by atoms with van der Waals surface area (Å²) in [6.07, 6.45) is 0.929. The maximum Gasteiger partial charge on any atom is 0.242 e. The minimum Gasteiger partial charge on any atom is -0.354 e. The number of sulfonamides is 1. The molecule has 0 saturated heterocycles. The molecule has 0 aliphatic carbocycles. The Morgan fingerprint density at radius 2 is 1.57 bits per heavy atom. The molecule has 0 fully saturated rings. The molecule has 0 aliphatic rings. The largest absolute Gasteiger partial charge is 0.354 e. The normalized spacial score (nSPS) is 12.3. The third-order valence-corrected chi connectivity index (χ3v) is 6.60. The zero-order valence-electron chi connectivity index (χ0n) is 20.5. The third kappa shape index (κ3) is 8.31. The second-order valence-electron chi connectivity index (χ2n) is 8.82. The van der Waals surface area contributed by atoms with Crippen LogP contribution < -0.4 is 9.62 Å². The lowest BCUT2D eigenvalue weighted by atomic mass is 10.1. The predicted molar refractivity (Wildman–Crippen MR) is 132 cm³/mol. The summed E-state index contributed by atoms with van der Waals surface area (Å²) < 4.78 is 54.0. The number of hydrogen-bond donors (Lipinski definition) is 1. The van der Waals surface area contributed by atoms with Crippen LogP contribution in [0.2, 0.25) is 0 Å². The van der Waals surface area contributed by atoms with E-state index in [0.717, 1.165) is 16.6 Å². The SMILES string of the molecule is CC(C)CNC(=O)C(C)N(Cc1ccccc1F)C(=O)CCCN(c1ccccc1F)S(C)(=O)=O. The maximum atomic E-state index is 14.3. The molecule has 192 valence electrons. The Labute approximate surface area is 206 Å². The molecule has 0 bridgehead atoms. The lowest BCUT2D eigenvalue weighted by Crippen LogP contribution is -2.48. The molecule has 0 spiro atoms. The highest BCUT2D eigenvalue weighted by molar-refractivity contribution is 7.92. The van der Waals surface area contributed by atoms with E-state index in [1.807, 2.05) is 13.8 Å². The summed E-state index contributed by atoms with van der Waals surface area (Å²) in [5.74, 6) is -1.79. The Kier molecular flexibility index (Phi) is 10.2. The number of rotatable bonds is 12. The molecule has 2 aromatic carbocycles. The van der Waals surface area contributed by atoms with Crippen molar-refractivity contribution >= 4 is 27.5 Å². The number of benzene rings is 2. The molecule has 2 amide bonds. The van der Waals surface area contributed by atoms with E-state index >= 15 is 0 Å². The summed E-state index contributed by atoms with van der Waals surface area (Å²) in [7, 11) is -3.80. The summed E-state index contributed by atoms with van der Waals surface area (Å²) in [5.41, 5.74) is 0.153. The zero-order chi connectivity index (χ0) is 26.2. The molecule has 2 rings (SSSR count). The van der Waals surface area contributed by atoms with Gasteiger partial charge in [0.15, 0.2) is 0 Å². The molecule has 7 nitrogen and oxygen atoms in total. The molecule has 0 radical (unpaired) electrons. The first kappa shape index (κ1) is 28.2. The van der Waals surface area contributed by atoms with Crippen molar-refractivity contribution in [3.05, 3.63) is 65.7 Å². The lowest BCUT2D eigenvalue weighted by molar-refractivity contribution is -0.140. The number of para-hydroxylation sites is 1. The fraction of sp³-hybridized carbons (Fsp3) is 0.440. The van der Waals surface area contributed by atoms with Crippen molar-refractivity contribution in [3.63, 3.8) is 0 Å². The summed E-state index contributed by atoms with van der Waals surface area (Å²) >= 11 is 0. The molecule has 1 unspecified atom stereocenters. The molecule has 10 heteroatoms. The maximum absolute atomic E-state index is 14.3. The van der Waals surface area contributed by atoms with Crippen LogP contribution in [0, 0.1) is 17.6 Å². The van der Waals surface area contributed by atoms with Gasteiger partial charge in [-0.05, 0) is 37.5 Å². The van der Waals surface area contributed by atoms with Crippen LogP contribution >= 0.6 is 0 Å². The van der Waals surface area contributed by atoms with E-state index in [9.17, 15) is 26.8 Å². The monoisotopic (exact) mass is 509 g/mol. The van der Waals surface area contributed by atoms with Crippen LogP contribution in [0.3, 0.4) is 0 Å². The number of nitrogens with zero attached hydrogens (tertiary/aromatic N) is 2. The number of carbonyl (C=O) groups excluding carboxylic acids is 2. The van der Waals surface area contributed by atoms with Gasteiger partial charge in [-0.3, -0.25) is 13.9 Å². The number of halogens is 2. The van der Waals surface area contributed by atoms with Crippen molar-refractivity contribution in [1.82, 2.24) is 10.2 Å². The highest BCUT2D eigenvalue weighted by atomic mass is 32.2. The first-order chi connectivity index (χ1) is 16.4. The number of nitrogens with one attached hydrogen (secondary N) is 1. The van der Waals surface area contributed by atoms with Gasteiger partial charge in [0, 0.05) is 31.6 Å². The molecule has 0 heterocycles. The summed E-state index contributed by atoms with van der Waals surface area (Å²) in [6.45, 7) is 5.62. The fourth-order valence-corrected chi connectivity index (χ4v) is 4.45. The fourth-order valence-electron chi connectivity index (χ4n) is 3.48. The first-order valence-corrected chi connectivity index (χ1v) is 13.3. The number of hydrogen-bond acceptors (Lipinski definition) is 4. The van der Waals surface area contributed by atoms with Gasteiger partial charge < -0.3 is 10.2 Å². The van der Waals surface area contributed by atoms with E-state index in [0.29, 0.717) is 6.54 Å². The average Bonchev–Trinajstić information content (AvgIpc) is 2.79. The Morgan fingerprint density at radius 3 is 2.14 bits per heavy atom. The van der Waals surface area contributed by atoms with E-state index in [2.05, 4.69) is 5.32 Å². The van der Waals surface area contributed by atoms with Crippen LogP contribution in [0.5, 0.6) is 0 Å². The predicted octanol–water partition coefficient (Wildman–Crippen LogP) is 3.70. The minimum absolute atomic E-state index is 0.0777. The van der Waals surface area contributed by atoms with Gasteiger partial charge in [0.25, 0.3) is 0 Å². The van der Waals surface area contributed by atoms with Gasteiger partial charge in [-0.25, -0.2) is 17.2 Å². The van der Waals surface area contributed by atoms with Gasteiger partial charge >= 0.3 is 0 Å². The molecule has 35 heavy (non-hydrogen) atoms. The highest BCUT2D eigenvalue weighted by Crippen LogP contribution is 2.22.